The van der Waals surface area contributed by atoms with E-state index in [1.54, 1.807) is 0 Å². The molecule has 1 aliphatic heterocycles. The van der Waals surface area contributed by atoms with Gasteiger partial charge in [-0.05, 0) is 27.2 Å². The Bertz CT molecular complexity index is 306. The van der Waals surface area contributed by atoms with Gasteiger partial charge in [0.1, 0.15) is 6.04 Å². The molecule has 0 aromatic heterocycles. The van der Waals surface area contributed by atoms with E-state index in [-0.39, 0.29) is 30.0 Å². The van der Waals surface area contributed by atoms with E-state index < -0.39 is 0 Å². The fourth-order valence-electron chi connectivity index (χ4n) is 2.26. The highest BCUT2D eigenvalue weighted by Crippen LogP contribution is 2.24. The molecule has 1 fully saturated rings. The van der Waals surface area contributed by atoms with Gasteiger partial charge >= 0.3 is 0 Å². The first-order valence-corrected chi connectivity index (χ1v) is 5.87. The van der Waals surface area contributed by atoms with Gasteiger partial charge in [-0.15, -0.1) is 0 Å². The monoisotopic (exact) mass is 223 g/mol. The summed E-state index contributed by atoms with van der Waals surface area (Å²) < 4.78 is 0. The SMILES string of the molecule is CCC(C)N1C(=O)C(CC#N)NCC1(C)C. The van der Waals surface area contributed by atoms with Crippen molar-refractivity contribution in [2.75, 3.05) is 6.54 Å². The molecular weight excluding hydrogens is 202 g/mol. The molecule has 16 heavy (non-hydrogen) atoms. The lowest BCUT2D eigenvalue weighted by atomic mass is 9.93. The third-order valence-corrected chi connectivity index (χ3v) is 3.30. The highest BCUT2D eigenvalue weighted by atomic mass is 16.2. The maximum Gasteiger partial charge on any atom is 0.241 e. The van der Waals surface area contributed by atoms with Crippen LogP contribution in [-0.2, 0) is 4.79 Å². The number of nitrogens with zero attached hydrogens (tertiary/aromatic N) is 2. The lowest BCUT2D eigenvalue weighted by molar-refractivity contribution is -0.146. The van der Waals surface area contributed by atoms with E-state index >= 15 is 0 Å². The molecular formula is C12H21N3O. The van der Waals surface area contributed by atoms with Crippen LogP contribution in [0.4, 0.5) is 0 Å². The first kappa shape index (κ1) is 13.0. The highest BCUT2D eigenvalue weighted by Gasteiger charge is 2.41. The van der Waals surface area contributed by atoms with E-state index in [0.29, 0.717) is 0 Å². The number of piperazine rings is 1. The third kappa shape index (κ3) is 2.35. The van der Waals surface area contributed by atoms with Crippen LogP contribution in [0.1, 0.15) is 40.5 Å². The summed E-state index contributed by atoms with van der Waals surface area (Å²) in [7, 11) is 0. The van der Waals surface area contributed by atoms with Crippen molar-refractivity contribution in [3.8, 4) is 6.07 Å². The van der Waals surface area contributed by atoms with Crippen LogP contribution in [0.25, 0.3) is 0 Å². The Labute approximate surface area is 97.6 Å². The van der Waals surface area contributed by atoms with Crippen molar-refractivity contribution in [3.05, 3.63) is 0 Å². The van der Waals surface area contributed by atoms with Gasteiger partial charge in [0.2, 0.25) is 5.91 Å². The highest BCUT2D eigenvalue weighted by molar-refractivity contribution is 5.84. The fourth-order valence-corrected chi connectivity index (χ4v) is 2.26. The Hall–Kier alpha value is -1.08. The Balaban J connectivity index is 2.89. The van der Waals surface area contributed by atoms with Crippen LogP contribution in [0, 0.1) is 11.3 Å². The Morgan fingerprint density at radius 2 is 2.31 bits per heavy atom. The molecule has 90 valence electrons. The summed E-state index contributed by atoms with van der Waals surface area (Å²) in [5.74, 6) is 0.0622. The van der Waals surface area contributed by atoms with Gasteiger partial charge in [0.25, 0.3) is 0 Å². The number of hydrogen-bond donors (Lipinski definition) is 1. The normalized spacial score (nSPS) is 26.3. The Morgan fingerprint density at radius 3 is 2.81 bits per heavy atom. The van der Waals surface area contributed by atoms with Crippen LogP contribution in [0.3, 0.4) is 0 Å². The number of hydrogen-bond acceptors (Lipinski definition) is 3. The number of nitriles is 1. The van der Waals surface area contributed by atoms with Gasteiger partial charge in [-0.1, -0.05) is 6.92 Å². The lowest BCUT2D eigenvalue weighted by Gasteiger charge is -2.48. The molecule has 2 unspecified atom stereocenters. The van der Waals surface area contributed by atoms with E-state index in [0.717, 1.165) is 13.0 Å². The molecule has 0 bridgehead atoms. The van der Waals surface area contributed by atoms with Crippen LogP contribution in [0.5, 0.6) is 0 Å². The van der Waals surface area contributed by atoms with E-state index in [1.165, 1.54) is 0 Å². The summed E-state index contributed by atoms with van der Waals surface area (Å²) in [6.07, 6.45) is 1.19. The number of amides is 1. The smallest absolute Gasteiger partial charge is 0.241 e. The zero-order valence-electron chi connectivity index (χ0n) is 10.6. The van der Waals surface area contributed by atoms with E-state index in [9.17, 15) is 4.79 Å². The first-order chi connectivity index (χ1) is 7.44. The molecule has 0 spiro atoms. The number of carbonyl (C=O) groups is 1. The lowest BCUT2D eigenvalue weighted by Crippen LogP contribution is -2.67. The molecule has 0 aromatic carbocycles. The van der Waals surface area contributed by atoms with Crippen molar-refractivity contribution in [2.24, 2.45) is 0 Å². The largest absolute Gasteiger partial charge is 0.332 e. The van der Waals surface area contributed by atoms with Gasteiger partial charge < -0.3 is 10.2 Å². The molecule has 1 aliphatic rings. The molecule has 4 heteroatoms. The second-order valence-corrected chi connectivity index (χ2v) is 5.07. The van der Waals surface area contributed by atoms with Crippen LogP contribution >= 0.6 is 0 Å². The second-order valence-electron chi connectivity index (χ2n) is 5.07. The van der Waals surface area contributed by atoms with Crippen LogP contribution in [0.15, 0.2) is 0 Å². The van der Waals surface area contributed by atoms with Crippen LogP contribution in [-0.4, -0.2) is 35.0 Å². The molecule has 2 atom stereocenters. The second kappa shape index (κ2) is 4.84. The summed E-state index contributed by atoms with van der Waals surface area (Å²) in [6.45, 7) is 9.01. The van der Waals surface area contributed by atoms with Crippen LogP contribution in [0.2, 0.25) is 0 Å². The van der Waals surface area contributed by atoms with Crippen molar-refractivity contribution >= 4 is 5.91 Å². The van der Waals surface area contributed by atoms with Gasteiger partial charge in [-0.2, -0.15) is 5.26 Å². The Kier molecular flexibility index (Phi) is 3.93. The van der Waals surface area contributed by atoms with Crippen molar-refractivity contribution in [2.45, 2.75) is 58.2 Å². The quantitative estimate of drug-likeness (QED) is 0.784. The van der Waals surface area contributed by atoms with E-state index in [1.807, 2.05) is 4.90 Å². The van der Waals surface area contributed by atoms with Crippen LogP contribution < -0.4 is 5.32 Å². The summed E-state index contributed by atoms with van der Waals surface area (Å²) in [6, 6.07) is 1.96. The van der Waals surface area contributed by atoms with Crippen molar-refractivity contribution in [1.82, 2.24) is 10.2 Å². The Morgan fingerprint density at radius 1 is 1.69 bits per heavy atom. The molecule has 0 saturated carbocycles. The summed E-state index contributed by atoms with van der Waals surface area (Å²) in [5, 5.41) is 11.8. The number of carbonyl (C=O) groups excluding carboxylic acids is 1. The third-order valence-electron chi connectivity index (χ3n) is 3.30. The predicted molar refractivity (Wildman–Crippen MR) is 62.7 cm³/mol. The van der Waals surface area contributed by atoms with Crippen molar-refractivity contribution in [3.63, 3.8) is 0 Å². The molecule has 0 radical (unpaired) electrons. The van der Waals surface area contributed by atoms with E-state index in [4.69, 9.17) is 5.26 Å². The first-order valence-electron chi connectivity index (χ1n) is 5.87. The van der Waals surface area contributed by atoms with Crippen molar-refractivity contribution in [1.29, 1.82) is 5.26 Å². The topological polar surface area (TPSA) is 56.1 Å². The minimum absolute atomic E-state index is 0.0622. The zero-order valence-corrected chi connectivity index (χ0v) is 10.6. The van der Waals surface area contributed by atoms with Gasteiger partial charge in [-0.3, -0.25) is 4.79 Å². The van der Waals surface area contributed by atoms with Gasteiger partial charge in [0.15, 0.2) is 0 Å². The zero-order chi connectivity index (χ0) is 12.3. The molecule has 1 heterocycles. The average molecular weight is 223 g/mol. The molecule has 1 rings (SSSR count). The van der Waals surface area contributed by atoms with Gasteiger partial charge in [0, 0.05) is 12.6 Å². The maximum absolute atomic E-state index is 12.2. The standard InChI is InChI=1S/C12H21N3O/c1-5-9(2)15-11(16)10(6-7-13)14-8-12(15,3)4/h9-10,14H,5-6,8H2,1-4H3. The van der Waals surface area contributed by atoms with Gasteiger partial charge in [-0.25, -0.2) is 0 Å². The fraction of sp³-hybridized carbons (Fsp3) is 0.833. The summed E-state index contributed by atoms with van der Waals surface area (Å²) in [5.41, 5.74) is -0.168. The molecule has 1 N–H and O–H groups in total. The predicted octanol–water partition coefficient (Wildman–Crippen LogP) is 1.28. The average Bonchev–Trinajstić information content (AvgIpc) is 2.22. The van der Waals surface area contributed by atoms with E-state index in [2.05, 4.69) is 39.1 Å². The van der Waals surface area contributed by atoms with Crippen molar-refractivity contribution < 1.29 is 4.79 Å². The minimum atomic E-state index is -0.327. The minimum Gasteiger partial charge on any atom is -0.332 e. The molecule has 1 saturated heterocycles. The summed E-state index contributed by atoms with van der Waals surface area (Å²) >= 11 is 0. The molecule has 4 nitrogen and oxygen atoms in total. The molecule has 0 aliphatic carbocycles. The van der Waals surface area contributed by atoms with Gasteiger partial charge in [0.05, 0.1) is 18.0 Å². The number of rotatable bonds is 3. The summed E-state index contributed by atoms with van der Waals surface area (Å²) in [4.78, 5) is 14.2. The molecule has 1 amide bonds. The molecule has 0 aromatic rings. The number of nitrogens with one attached hydrogen (secondary N) is 1. The maximum atomic E-state index is 12.2.